The molecule has 0 aliphatic rings. The maximum Gasteiger partial charge on any atom is 0.221 e. The largest absolute Gasteiger partial charge is 0.326 e. The summed E-state index contributed by atoms with van der Waals surface area (Å²) in [7, 11) is 0. The van der Waals surface area contributed by atoms with Crippen LogP contribution in [0.2, 0.25) is 0 Å². The van der Waals surface area contributed by atoms with E-state index in [1.165, 1.54) is 6.92 Å². The molecule has 1 amide bonds. The maximum atomic E-state index is 10.7. The van der Waals surface area contributed by atoms with Crippen LogP contribution in [-0.2, 0) is 4.79 Å². The number of fused-ring (bicyclic) bond motifs is 1. The average molecular weight is 175 g/mol. The minimum Gasteiger partial charge on any atom is -0.326 e. The summed E-state index contributed by atoms with van der Waals surface area (Å²) in [4.78, 5) is 10.7. The van der Waals surface area contributed by atoms with Crippen molar-refractivity contribution in [1.82, 2.24) is 15.4 Å². The van der Waals surface area contributed by atoms with Gasteiger partial charge in [0.05, 0.1) is 11.2 Å². The van der Waals surface area contributed by atoms with Crippen molar-refractivity contribution < 1.29 is 4.79 Å². The third-order valence-electron chi connectivity index (χ3n) is 1.56. The fourth-order valence-electron chi connectivity index (χ4n) is 1.04. The summed E-state index contributed by atoms with van der Waals surface area (Å²) in [5, 5.41) is 12.7. The number of benzene rings is 1. The molecule has 5 nitrogen and oxygen atoms in total. The number of aromatic nitrogens is 3. The molecule has 0 atom stereocenters. The number of hydrogen-bond donors (Lipinski definition) is 2. The zero-order valence-electron chi connectivity index (χ0n) is 6.96. The summed E-state index contributed by atoms with van der Waals surface area (Å²) in [6.45, 7) is 1.45. The van der Waals surface area contributed by atoms with Gasteiger partial charge in [-0.25, -0.2) is 0 Å². The van der Waals surface area contributed by atoms with E-state index >= 15 is 0 Å². The Hall–Kier alpha value is -1.91. The molecule has 2 aromatic rings. The highest BCUT2D eigenvalue weighted by atomic mass is 16.1. The minimum absolute atomic E-state index is 0.126. The molecule has 0 saturated carbocycles. The highest BCUT2D eigenvalue weighted by Crippen LogP contribution is 2.13. The Balaban J connectivity index is 2.42. The van der Waals surface area contributed by atoms with Crippen molar-refractivity contribution in [3.8, 4) is 0 Å². The molecule has 2 rings (SSSR count). The lowest BCUT2D eigenvalue weighted by Crippen LogP contribution is -2.05. The van der Waals surface area contributed by atoms with Crippen LogP contribution in [0.15, 0.2) is 12.1 Å². The number of hydrogen-bond acceptors (Lipinski definition) is 3. The van der Waals surface area contributed by atoms with Crippen molar-refractivity contribution in [3.63, 3.8) is 0 Å². The van der Waals surface area contributed by atoms with Gasteiger partial charge in [-0.15, -0.1) is 5.10 Å². The normalized spacial score (nSPS) is 10.2. The van der Waals surface area contributed by atoms with Crippen LogP contribution in [0.25, 0.3) is 11.0 Å². The molecule has 1 aromatic heterocycles. The second-order valence-corrected chi connectivity index (χ2v) is 2.63. The number of anilines is 1. The van der Waals surface area contributed by atoms with E-state index in [9.17, 15) is 4.79 Å². The van der Waals surface area contributed by atoms with E-state index in [0.29, 0.717) is 11.2 Å². The molecule has 0 unspecified atom stereocenters. The summed E-state index contributed by atoms with van der Waals surface area (Å²) in [5.41, 5.74) is 2.02. The quantitative estimate of drug-likeness (QED) is 0.670. The van der Waals surface area contributed by atoms with Crippen molar-refractivity contribution in [2.45, 2.75) is 6.92 Å². The van der Waals surface area contributed by atoms with Crippen molar-refractivity contribution in [2.75, 3.05) is 5.32 Å². The summed E-state index contributed by atoms with van der Waals surface area (Å²) in [5.74, 6) is -0.126. The first kappa shape index (κ1) is 7.72. The zero-order chi connectivity index (χ0) is 9.26. The Morgan fingerprint density at radius 3 is 3.23 bits per heavy atom. The number of amides is 1. The molecular formula is C8H7N4O. The van der Waals surface area contributed by atoms with Crippen LogP contribution in [0, 0.1) is 6.07 Å². The third kappa shape index (κ3) is 1.48. The number of nitrogens with zero attached hydrogens (tertiary/aromatic N) is 2. The van der Waals surface area contributed by atoms with Crippen LogP contribution in [0.3, 0.4) is 0 Å². The molecule has 1 radical (unpaired) electrons. The van der Waals surface area contributed by atoms with E-state index in [1.807, 2.05) is 0 Å². The summed E-state index contributed by atoms with van der Waals surface area (Å²) >= 11 is 0. The molecule has 65 valence electrons. The average Bonchev–Trinajstić information content (AvgIpc) is 2.49. The van der Waals surface area contributed by atoms with E-state index in [1.54, 1.807) is 12.1 Å². The Labute approximate surface area is 74.1 Å². The monoisotopic (exact) mass is 175 g/mol. The van der Waals surface area contributed by atoms with Gasteiger partial charge in [0.15, 0.2) is 0 Å². The molecule has 1 aromatic carbocycles. The van der Waals surface area contributed by atoms with Crippen molar-refractivity contribution in [1.29, 1.82) is 0 Å². The van der Waals surface area contributed by atoms with Gasteiger partial charge >= 0.3 is 0 Å². The maximum absolute atomic E-state index is 10.7. The Morgan fingerprint density at radius 1 is 1.62 bits per heavy atom. The van der Waals surface area contributed by atoms with Gasteiger partial charge in [0.25, 0.3) is 0 Å². The number of rotatable bonds is 1. The molecule has 13 heavy (non-hydrogen) atoms. The van der Waals surface area contributed by atoms with Crippen molar-refractivity contribution >= 4 is 22.6 Å². The van der Waals surface area contributed by atoms with E-state index in [4.69, 9.17) is 0 Å². The molecule has 0 aliphatic heterocycles. The van der Waals surface area contributed by atoms with Gasteiger partial charge in [-0.1, -0.05) is 5.21 Å². The molecule has 0 aliphatic carbocycles. The Kier molecular flexibility index (Phi) is 1.70. The highest BCUT2D eigenvalue weighted by molar-refractivity contribution is 5.90. The summed E-state index contributed by atoms with van der Waals surface area (Å²) in [6.07, 6.45) is 0. The second-order valence-electron chi connectivity index (χ2n) is 2.63. The van der Waals surface area contributed by atoms with E-state index in [-0.39, 0.29) is 5.91 Å². The summed E-state index contributed by atoms with van der Waals surface area (Å²) in [6, 6.07) is 6.43. The highest BCUT2D eigenvalue weighted by Gasteiger charge is 2.00. The fraction of sp³-hybridized carbons (Fsp3) is 0.125. The van der Waals surface area contributed by atoms with Gasteiger partial charge in [-0.3, -0.25) is 9.89 Å². The molecule has 0 fully saturated rings. The zero-order valence-corrected chi connectivity index (χ0v) is 6.96. The Morgan fingerprint density at radius 2 is 2.46 bits per heavy atom. The predicted molar refractivity (Wildman–Crippen MR) is 47.0 cm³/mol. The van der Waals surface area contributed by atoms with Gasteiger partial charge in [0, 0.05) is 13.0 Å². The number of carbonyl (C=O) groups excluding carboxylic acids is 1. The number of aromatic amines is 1. The van der Waals surface area contributed by atoms with Crippen LogP contribution >= 0.6 is 0 Å². The SMILES string of the molecule is CC(=O)Nc1[c]c2nn[nH]c2cc1. The van der Waals surface area contributed by atoms with Crippen LogP contribution in [0.4, 0.5) is 5.69 Å². The second kappa shape index (κ2) is 2.85. The van der Waals surface area contributed by atoms with E-state index in [2.05, 4.69) is 26.8 Å². The molecule has 0 bridgehead atoms. The first-order valence-electron chi connectivity index (χ1n) is 3.76. The van der Waals surface area contributed by atoms with Crippen molar-refractivity contribution in [2.24, 2.45) is 0 Å². The van der Waals surface area contributed by atoms with Gasteiger partial charge in [-0.2, -0.15) is 0 Å². The number of H-pyrrole nitrogens is 1. The molecule has 0 saturated heterocycles. The smallest absolute Gasteiger partial charge is 0.221 e. The molecule has 1 heterocycles. The predicted octanol–water partition coefficient (Wildman–Crippen LogP) is 0.716. The Bertz CT molecular complexity index is 448. The first-order chi connectivity index (χ1) is 6.25. The van der Waals surface area contributed by atoms with Crippen LogP contribution in [0.5, 0.6) is 0 Å². The lowest BCUT2D eigenvalue weighted by molar-refractivity contribution is -0.114. The first-order valence-corrected chi connectivity index (χ1v) is 3.76. The van der Waals surface area contributed by atoms with Crippen molar-refractivity contribution in [3.05, 3.63) is 18.2 Å². The molecule has 2 N–H and O–H groups in total. The molecule has 5 heteroatoms. The van der Waals surface area contributed by atoms with Crippen LogP contribution in [-0.4, -0.2) is 21.3 Å². The van der Waals surface area contributed by atoms with Gasteiger partial charge < -0.3 is 5.32 Å². The third-order valence-corrected chi connectivity index (χ3v) is 1.56. The minimum atomic E-state index is -0.126. The van der Waals surface area contributed by atoms with E-state index in [0.717, 1.165) is 5.52 Å². The molecular weight excluding hydrogens is 168 g/mol. The lowest BCUT2D eigenvalue weighted by Gasteiger charge is -1.98. The van der Waals surface area contributed by atoms with E-state index < -0.39 is 0 Å². The lowest BCUT2D eigenvalue weighted by atomic mass is 10.3. The fourth-order valence-corrected chi connectivity index (χ4v) is 1.04. The van der Waals surface area contributed by atoms with Crippen LogP contribution in [0.1, 0.15) is 6.92 Å². The molecule has 0 spiro atoms. The standard InChI is InChI=1S/C8H7N4O/c1-5(13)9-6-2-3-7-8(4-6)11-12-10-7/h2-3H,1H3,(H,9,13)(H,10,11,12). The van der Waals surface area contributed by atoms with Gasteiger partial charge in [0.1, 0.15) is 5.52 Å². The van der Waals surface area contributed by atoms with Crippen LogP contribution < -0.4 is 5.32 Å². The van der Waals surface area contributed by atoms with Gasteiger partial charge in [-0.05, 0) is 12.1 Å². The number of nitrogens with one attached hydrogen (secondary N) is 2. The topological polar surface area (TPSA) is 70.7 Å². The number of carbonyl (C=O) groups is 1. The summed E-state index contributed by atoms with van der Waals surface area (Å²) < 4.78 is 0. The van der Waals surface area contributed by atoms with Gasteiger partial charge in [0.2, 0.25) is 5.91 Å².